The summed E-state index contributed by atoms with van der Waals surface area (Å²) in [5.74, 6) is 0.140. The number of aliphatic hydroxyl groups is 1. The molecule has 1 aliphatic rings. The van der Waals surface area contributed by atoms with Crippen LogP contribution in [0.15, 0.2) is 24.3 Å². The van der Waals surface area contributed by atoms with Crippen molar-refractivity contribution in [3.63, 3.8) is 0 Å². The molecular weight excluding hydrogens is 258 g/mol. The van der Waals surface area contributed by atoms with E-state index >= 15 is 0 Å². The molecule has 20 heavy (non-hydrogen) atoms. The largest absolute Gasteiger partial charge is 0.508 e. The van der Waals surface area contributed by atoms with E-state index in [1.54, 1.807) is 36.2 Å². The second-order valence-corrected chi connectivity index (χ2v) is 5.43. The first kappa shape index (κ1) is 14.8. The zero-order valence-corrected chi connectivity index (χ0v) is 11.7. The summed E-state index contributed by atoms with van der Waals surface area (Å²) < 4.78 is 5.23. The number of aromatic hydroxyl groups is 1. The van der Waals surface area contributed by atoms with Crippen LogP contribution in [-0.4, -0.2) is 53.4 Å². The number of amides is 1. The number of phenolic OH excluding ortho intramolecular Hbond substituents is 1. The molecule has 0 saturated carbocycles. The normalized spacial score (nSPS) is 17.7. The molecule has 2 rings (SSSR count). The Labute approximate surface area is 118 Å². The molecule has 0 unspecified atom stereocenters. The second-order valence-electron chi connectivity index (χ2n) is 5.43. The molecule has 0 aliphatic carbocycles. The Morgan fingerprint density at radius 1 is 1.30 bits per heavy atom. The number of phenols is 1. The molecule has 0 aromatic heterocycles. The molecule has 5 nitrogen and oxygen atoms in total. The fraction of sp³-hybridized carbons (Fsp3) is 0.533. The Morgan fingerprint density at radius 3 is 2.50 bits per heavy atom. The Bertz CT molecular complexity index is 451. The first-order chi connectivity index (χ1) is 9.48. The Hall–Kier alpha value is -1.59. The minimum atomic E-state index is -0.836. The van der Waals surface area contributed by atoms with Crippen LogP contribution in [0.5, 0.6) is 5.75 Å². The molecule has 2 N–H and O–H groups in total. The lowest BCUT2D eigenvalue weighted by atomic mass is 9.94. The van der Waals surface area contributed by atoms with Gasteiger partial charge in [0.2, 0.25) is 5.91 Å². The fourth-order valence-electron chi connectivity index (χ4n) is 2.36. The maximum atomic E-state index is 12.1. The molecule has 1 heterocycles. The van der Waals surface area contributed by atoms with E-state index in [-0.39, 0.29) is 18.1 Å². The summed E-state index contributed by atoms with van der Waals surface area (Å²) >= 11 is 0. The summed E-state index contributed by atoms with van der Waals surface area (Å²) in [5, 5.41) is 19.6. The third-order valence-electron chi connectivity index (χ3n) is 3.67. The van der Waals surface area contributed by atoms with Crippen LogP contribution in [0.3, 0.4) is 0 Å². The van der Waals surface area contributed by atoms with Crippen molar-refractivity contribution in [3.8, 4) is 5.75 Å². The molecule has 1 fully saturated rings. The summed E-state index contributed by atoms with van der Waals surface area (Å²) in [6, 6.07) is 6.58. The van der Waals surface area contributed by atoms with Gasteiger partial charge in [-0.1, -0.05) is 12.1 Å². The molecule has 5 heteroatoms. The highest BCUT2D eigenvalue weighted by atomic mass is 16.5. The van der Waals surface area contributed by atoms with Crippen molar-refractivity contribution in [1.29, 1.82) is 0 Å². The van der Waals surface area contributed by atoms with Gasteiger partial charge in [0.25, 0.3) is 0 Å². The molecule has 0 spiro atoms. The van der Waals surface area contributed by atoms with E-state index < -0.39 is 5.60 Å². The number of benzene rings is 1. The predicted molar refractivity (Wildman–Crippen MR) is 74.5 cm³/mol. The maximum absolute atomic E-state index is 12.1. The third kappa shape index (κ3) is 3.95. The van der Waals surface area contributed by atoms with Gasteiger partial charge in [-0.2, -0.15) is 0 Å². The van der Waals surface area contributed by atoms with Crippen molar-refractivity contribution in [1.82, 2.24) is 4.90 Å². The highest BCUT2D eigenvalue weighted by molar-refractivity contribution is 5.78. The molecule has 1 aromatic rings. The summed E-state index contributed by atoms with van der Waals surface area (Å²) in [4.78, 5) is 13.7. The SMILES string of the molecule is CN(CC1(O)CCOCC1)C(=O)Cc1ccc(O)cc1. The van der Waals surface area contributed by atoms with Crippen molar-refractivity contribution in [2.75, 3.05) is 26.8 Å². The molecule has 0 bridgehead atoms. The average molecular weight is 279 g/mol. The average Bonchev–Trinajstić information content (AvgIpc) is 2.41. The van der Waals surface area contributed by atoms with Crippen LogP contribution in [0.25, 0.3) is 0 Å². The molecule has 0 radical (unpaired) electrons. The standard InChI is InChI=1S/C15H21NO4/c1-16(11-15(19)6-8-20-9-7-15)14(18)10-12-2-4-13(17)5-3-12/h2-5,17,19H,6-11H2,1H3. The smallest absolute Gasteiger partial charge is 0.226 e. The third-order valence-corrected chi connectivity index (χ3v) is 3.67. The van der Waals surface area contributed by atoms with Crippen LogP contribution in [0.2, 0.25) is 0 Å². The van der Waals surface area contributed by atoms with Crippen LogP contribution in [0.1, 0.15) is 18.4 Å². The van der Waals surface area contributed by atoms with Gasteiger partial charge in [0.1, 0.15) is 5.75 Å². The quantitative estimate of drug-likeness (QED) is 0.860. The molecule has 1 aliphatic heterocycles. The number of ether oxygens (including phenoxy) is 1. The van der Waals surface area contributed by atoms with Crippen molar-refractivity contribution in [3.05, 3.63) is 29.8 Å². The summed E-state index contributed by atoms with van der Waals surface area (Å²) in [5.41, 5.74) is 0.0102. The van der Waals surface area contributed by atoms with Gasteiger partial charge in [0.05, 0.1) is 12.0 Å². The van der Waals surface area contributed by atoms with Gasteiger partial charge >= 0.3 is 0 Å². The monoisotopic (exact) mass is 279 g/mol. The van der Waals surface area contributed by atoms with Gasteiger partial charge in [0, 0.05) is 39.6 Å². The van der Waals surface area contributed by atoms with Crippen molar-refractivity contribution >= 4 is 5.91 Å². The Kier molecular flexibility index (Phi) is 4.62. The number of carbonyl (C=O) groups excluding carboxylic acids is 1. The summed E-state index contributed by atoms with van der Waals surface area (Å²) in [6.07, 6.45) is 1.39. The van der Waals surface area contributed by atoms with Crippen LogP contribution < -0.4 is 0 Å². The molecule has 0 atom stereocenters. The van der Waals surface area contributed by atoms with E-state index in [0.29, 0.717) is 32.6 Å². The number of hydrogen-bond donors (Lipinski definition) is 2. The number of likely N-dealkylation sites (N-methyl/N-ethyl adjacent to an activating group) is 1. The van der Waals surface area contributed by atoms with Gasteiger partial charge in [-0.3, -0.25) is 4.79 Å². The van der Waals surface area contributed by atoms with Gasteiger partial charge in [-0.25, -0.2) is 0 Å². The molecule has 1 amide bonds. The minimum Gasteiger partial charge on any atom is -0.508 e. The predicted octanol–water partition coefficient (Wildman–Crippen LogP) is 0.935. The number of rotatable bonds is 4. The molecular formula is C15H21NO4. The minimum absolute atomic E-state index is 0.0457. The van der Waals surface area contributed by atoms with Gasteiger partial charge in [0.15, 0.2) is 0 Å². The highest BCUT2D eigenvalue weighted by Crippen LogP contribution is 2.21. The topological polar surface area (TPSA) is 70.0 Å². The molecule has 110 valence electrons. The first-order valence-corrected chi connectivity index (χ1v) is 6.80. The maximum Gasteiger partial charge on any atom is 0.226 e. The van der Waals surface area contributed by atoms with E-state index in [9.17, 15) is 15.0 Å². The Morgan fingerprint density at radius 2 is 1.90 bits per heavy atom. The van der Waals surface area contributed by atoms with Gasteiger partial charge in [-0.05, 0) is 17.7 Å². The van der Waals surface area contributed by atoms with Crippen LogP contribution >= 0.6 is 0 Å². The lowest BCUT2D eigenvalue weighted by Gasteiger charge is -2.35. The van der Waals surface area contributed by atoms with E-state index in [4.69, 9.17) is 4.74 Å². The van der Waals surface area contributed by atoms with E-state index in [2.05, 4.69) is 0 Å². The highest BCUT2D eigenvalue weighted by Gasteiger charge is 2.32. The number of carbonyl (C=O) groups is 1. The lowest BCUT2D eigenvalue weighted by Crippen LogP contribution is -2.47. The van der Waals surface area contributed by atoms with E-state index in [0.717, 1.165) is 5.56 Å². The fourth-order valence-corrected chi connectivity index (χ4v) is 2.36. The van der Waals surface area contributed by atoms with E-state index in [1.165, 1.54) is 0 Å². The van der Waals surface area contributed by atoms with Crippen LogP contribution in [-0.2, 0) is 16.0 Å². The Balaban J connectivity index is 1.89. The van der Waals surface area contributed by atoms with E-state index in [1.807, 2.05) is 0 Å². The van der Waals surface area contributed by atoms with Crippen LogP contribution in [0.4, 0.5) is 0 Å². The van der Waals surface area contributed by atoms with Crippen molar-refractivity contribution < 1.29 is 19.7 Å². The van der Waals surface area contributed by atoms with Crippen molar-refractivity contribution in [2.45, 2.75) is 24.9 Å². The first-order valence-electron chi connectivity index (χ1n) is 6.80. The zero-order valence-electron chi connectivity index (χ0n) is 11.7. The lowest BCUT2D eigenvalue weighted by molar-refractivity contribution is -0.136. The summed E-state index contributed by atoms with van der Waals surface area (Å²) in [7, 11) is 1.70. The van der Waals surface area contributed by atoms with Crippen LogP contribution in [0, 0.1) is 0 Å². The number of hydrogen-bond acceptors (Lipinski definition) is 4. The number of nitrogens with zero attached hydrogens (tertiary/aromatic N) is 1. The zero-order chi connectivity index (χ0) is 14.6. The second kappa shape index (κ2) is 6.24. The molecule has 1 aromatic carbocycles. The molecule has 1 saturated heterocycles. The van der Waals surface area contributed by atoms with Gasteiger partial charge in [-0.15, -0.1) is 0 Å². The van der Waals surface area contributed by atoms with Crippen molar-refractivity contribution in [2.24, 2.45) is 0 Å². The van der Waals surface area contributed by atoms with Gasteiger partial charge < -0.3 is 19.8 Å². The summed E-state index contributed by atoms with van der Waals surface area (Å²) in [6.45, 7) is 1.40.